The van der Waals surface area contributed by atoms with Crippen LogP contribution >= 0.6 is 0 Å². The van der Waals surface area contributed by atoms with Crippen LogP contribution in [0.2, 0.25) is 0 Å². The van der Waals surface area contributed by atoms with Crippen LogP contribution in [0.15, 0.2) is 0 Å². The quantitative estimate of drug-likeness (QED) is 0.655. The third-order valence-corrected chi connectivity index (χ3v) is 3.63. The topological polar surface area (TPSA) is 66.6 Å². The molecule has 0 aromatic rings. The second-order valence-corrected chi connectivity index (χ2v) is 6.15. The lowest BCUT2D eigenvalue weighted by atomic mass is 10.1. The summed E-state index contributed by atoms with van der Waals surface area (Å²) < 4.78 is 23.4. The highest BCUT2D eigenvalue weighted by atomic mass is 32.2. The molecule has 1 aliphatic heterocycles. The van der Waals surface area contributed by atoms with Gasteiger partial charge in [-0.25, -0.2) is 5.14 Å². The molecule has 5 nitrogen and oxygen atoms in total. The van der Waals surface area contributed by atoms with Crippen molar-refractivity contribution in [2.24, 2.45) is 5.14 Å². The van der Waals surface area contributed by atoms with E-state index in [1.165, 1.54) is 4.31 Å². The predicted octanol–water partition coefficient (Wildman–Crippen LogP) is -0.394. The smallest absolute Gasteiger partial charge is 0.276 e. The highest BCUT2D eigenvalue weighted by molar-refractivity contribution is 7.86. The van der Waals surface area contributed by atoms with E-state index in [1.807, 2.05) is 0 Å². The highest BCUT2D eigenvalue weighted by Gasteiger charge is 2.29. The Labute approximate surface area is 86.0 Å². The zero-order valence-electron chi connectivity index (χ0n) is 9.02. The minimum atomic E-state index is -3.49. The summed E-state index contributed by atoms with van der Waals surface area (Å²) in [5.41, 5.74) is 0.102. The minimum Gasteiger partial charge on any atom is -0.296 e. The molecule has 84 valence electrons. The standard InChI is InChI=1S/C8H19N3O2S/c1-8(2,3)10-4-6-11(7-5-10)14(9,12)13/h4-7H2,1-3H3,(H2,9,12,13). The van der Waals surface area contributed by atoms with Gasteiger partial charge in [-0.1, -0.05) is 0 Å². The summed E-state index contributed by atoms with van der Waals surface area (Å²) in [4.78, 5) is 2.26. The lowest BCUT2D eigenvalue weighted by molar-refractivity contribution is 0.0922. The van der Waals surface area contributed by atoms with Gasteiger partial charge >= 0.3 is 0 Å². The zero-order chi connectivity index (χ0) is 11.0. The molecule has 1 aliphatic rings. The molecule has 2 N–H and O–H groups in total. The number of hydrogen-bond donors (Lipinski definition) is 1. The maximum atomic E-state index is 11.0. The fourth-order valence-electron chi connectivity index (χ4n) is 1.61. The summed E-state index contributed by atoms with van der Waals surface area (Å²) in [5, 5.41) is 5.04. The summed E-state index contributed by atoms with van der Waals surface area (Å²) in [6.07, 6.45) is 0. The molecular formula is C8H19N3O2S. The Balaban J connectivity index is 2.56. The van der Waals surface area contributed by atoms with E-state index in [4.69, 9.17) is 5.14 Å². The van der Waals surface area contributed by atoms with Crippen molar-refractivity contribution in [2.75, 3.05) is 26.2 Å². The first-order valence-corrected chi connectivity index (χ1v) is 6.24. The van der Waals surface area contributed by atoms with Crippen molar-refractivity contribution in [2.45, 2.75) is 26.3 Å². The van der Waals surface area contributed by atoms with Crippen molar-refractivity contribution in [1.82, 2.24) is 9.21 Å². The van der Waals surface area contributed by atoms with Gasteiger partial charge in [0.05, 0.1) is 0 Å². The molecule has 0 aromatic carbocycles. The van der Waals surface area contributed by atoms with E-state index in [0.717, 1.165) is 13.1 Å². The van der Waals surface area contributed by atoms with E-state index in [9.17, 15) is 8.42 Å². The fourth-order valence-corrected chi connectivity index (χ4v) is 2.29. The van der Waals surface area contributed by atoms with E-state index in [2.05, 4.69) is 25.7 Å². The molecule has 0 amide bonds. The molecule has 0 aliphatic carbocycles. The van der Waals surface area contributed by atoms with Gasteiger partial charge in [0.2, 0.25) is 0 Å². The molecular weight excluding hydrogens is 202 g/mol. The fraction of sp³-hybridized carbons (Fsp3) is 1.00. The van der Waals surface area contributed by atoms with Gasteiger partial charge in [0, 0.05) is 31.7 Å². The van der Waals surface area contributed by atoms with Crippen molar-refractivity contribution < 1.29 is 8.42 Å². The molecule has 0 unspecified atom stereocenters. The lowest BCUT2D eigenvalue weighted by Gasteiger charge is -2.41. The van der Waals surface area contributed by atoms with Crippen LogP contribution < -0.4 is 5.14 Å². The number of hydrogen-bond acceptors (Lipinski definition) is 3. The average molecular weight is 221 g/mol. The van der Waals surface area contributed by atoms with Crippen LogP contribution in [-0.4, -0.2) is 49.3 Å². The number of nitrogens with two attached hydrogens (primary N) is 1. The molecule has 14 heavy (non-hydrogen) atoms. The van der Waals surface area contributed by atoms with E-state index in [1.54, 1.807) is 0 Å². The summed E-state index contributed by atoms with van der Waals surface area (Å²) in [7, 11) is -3.49. The Kier molecular flexibility index (Phi) is 3.20. The van der Waals surface area contributed by atoms with Crippen LogP contribution in [0.1, 0.15) is 20.8 Å². The Bertz CT molecular complexity index is 286. The van der Waals surface area contributed by atoms with Gasteiger partial charge in [0.25, 0.3) is 10.2 Å². The van der Waals surface area contributed by atoms with Crippen LogP contribution in [0.5, 0.6) is 0 Å². The second kappa shape index (κ2) is 3.77. The minimum absolute atomic E-state index is 0.102. The van der Waals surface area contributed by atoms with E-state index >= 15 is 0 Å². The monoisotopic (exact) mass is 221 g/mol. The average Bonchev–Trinajstić information content (AvgIpc) is 2.01. The Morgan fingerprint density at radius 2 is 1.50 bits per heavy atom. The van der Waals surface area contributed by atoms with Crippen LogP contribution in [0, 0.1) is 0 Å². The lowest BCUT2D eigenvalue weighted by Crippen LogP contribution is -2.55. The van der Waals surface area contributed by atoms with Crippen LogP contribution in [0.25, 0.3) is 0 Å². The first kappa shape index (κ1) is 11.9. The molecule has 0 radical (unpaired) electrons. The number of rotatable bonds is 1. The summed E-state index contributed by atoms with van der Waals surface area (Å²) >= 11 is 0. The van der Waals surface area contributed by atoms with E-state index in [0.29, 0.717) is 13.1 Å². The maximum Gasteiger partial charge on any atom is 0.276 e. The van der Waals surface area contributed by atoms with Crippen LogP contribution in [0.3, 0.4) is 0 Å². The molecule has 6 heteroatoms. The largest absolute Gasteiger partial charge is 0.296 e. The van der Waals surface area contributed by atoms with Gasteiger partial charge in [-0.05, 0) is 20.8 Å². The molecule has 0 atom stereocenters. The highest BCUT2D eigenvalue weighted by Crippen LogP contribution is 2.16. The number of nitrogens with zero attached hydrogens (tertiary/aromatic N) is 2. The molecule has 1 heterocycles. The Morgan fingerprint density at radius 3 is 1.79 bits per heavy atom. The zero-order valence-corrected chi connectivity index (χ0v) is 9.84. The van der Waals surface area contributed by atoms with Crippen molar-refractivity contribution in [3.8, 4) is 0 Å². The summed E-state index contributed by atoms with van der Waals surface area (Å²) in [5.74, 6) is 0. The van der Waals surface area contributed by atoms with Crippen LogP contribution in [0.4, 0.5) is 0 Å². The SMILES string of the molecule is CC(C)(C)N1CCN(S(N)(=O)=O)CC1. The molecule has 1 fully saturated rings. The normalized spacial score (nSPS) is 22.6. The molecule has 0 aromatic heterocycles. The maximum absolute atomic E-state index is 11.0. The molecule has 0 saturated carbocycles. The third-order valence-electron chi connectivity index (χ3n) is 2.55. The molecule has 1 saturated heterocycles. The van der Waals surface area contributed by atoms with Gasteiger partial charge in [-0.3, -0.25) is 4.90 Å². The van der Waals surface area contributed by atoms with Crippen molar-refractivity contribution >= 4 is 10.2 Å². The van der Waals surface area contributed by atoms with Gasteiger partial charge < -0.3 is 0 Å². The first-order valence-electron chi connectivity index (χ1n) is 4.74. The molecule has 0 bridgehead atoms. The van der Waals surface area contributed by atoms with Gasteiger partial charge in [0.1, 0.15) is 0 Å². The molecule has 0 spiro atoms. The van der Waals surface area contributed by atoms with Crippen molar-refractivity contribution in [3.63, 3.8) is 0 Å². The Hall–Kier alpha value is -0.170. The van der Waals surface area contributed by atoms with E-state index in [-0.39, 0.29) is 5.54 Å². The summed E-state index contributed by atoms with van der Waals surface area (Å²) in [6.45, 7) is 8.87. The summed E-state index contributed by atoms with van der Waals surface area (Å²) in [6, 6.07) is 0. The van der Waals surface area contributed by atoms with Crippen LogP contribution in [-0.2, 0) is 10.2 Å². The van der Waals surface area contributed by atoms with Gasteiger partial charge in [-0.2, -0.15) is 12.7 Å². The van der Waals surface area contributed by atoms with E-state index < -0.39 is 10.2 Å². The predicted molar refractivity (Wildman–Crippen MR) is 56.0 cm³/mol. The van der Waals surface area contributed by atoms with Crippen molar-refractivity contribution in [1.29, 1.82) is 0 Å². The molecule has 1 rings (SSSR count). The van der Waals surface area contributed by atoms with Crippen molar-refractivity contribution in [3.05, 3.63) is 0 Å². The second-order valence-electron chi connectivity index (χ2n) is 4.60. The Morgan fingerprint density at radius 1 is 1.07 bits per heavy atom. The number of piperazine rings is 1. The van der Waals surface area contributed by atoms with Gasteiger partial charge in [-0.15, -0.1) is 0 Å². The first-order chi connectivity index (χ1) is 6.21. The third kappa shape index (κ3) is 2.91. The van der Waals surface area contributed by atoms with Gasteiger partial charge in [0.15, 0.2) is 0 Å².